The first-order valence-corrected chi connectivity index (χ1v) is 7.90. The van der Waals surface area contributed by atoms with Crippen molar-refractivity contribution in [3.8, 4) is 5.75 Å². The van der Waals surface area contributed by atoms with E-state index in [4.69, 9.17) is 16.3 Å². The Hall–Kier alpha value is -1.48. The van der Waals surface area contributed by atoms with E-state index in [-0.39, 0.29) is 0 Å². The maximum absolute atomic E-state index is 6.17. The first-order valence-electron chi connectivity index (χ1n) is 7.37. The molecule has 0 fully saturated rings. The molecule has 0 radical (unpaired) electrons. The van der Waals surface area contributed by atoms with Gasteiger partial charge in [-0.05, 0) is 48.9 Å². The van der Waals surface area contributed by atoms with Gasteiger partial charge in [-0.1, -0.05) is 19.1 Å². The van der Waals surface area contributed by atoms with Crippen molar-refractivity contribution in [3.05, 3.63) is 47.3 Å². The molecule has 1 heterocycles. The van der Waals surface area contributed by atoms with Gasteiger partial charge < -0.3 is 4.74 Å². The Balaban J connectivity index is 2.07. The summed E-state index contributed by atoms with van der Waals surface area (Å²) in [4.78, 5) is 0. The fourth-order valence-corrected chi connectivity index (χ4v) is 2.76. The summed E-state index contributed by atoms with van der Waals surface area (Å²) < 4.78 is 7.25. The summed E-state index contributed by atoms with van der Waals surface area (Å²) in [6, 6.07) is 10.4. The predicted molar refractivity (Wildman–Crippen MR) is 87.2 cm³/mol. The minimum Gasteiger partial charge on any atom is -0.497 e. The van der Waals surface area contributed by atoms with Crippen molar-refractivity contribution < 1.29 is 4.74 Å². The fraction of sp³-hybridized carbons (Fsp3) is 0.471. The van der Waals surface area contributed by atoms with Crippen LogP contribution in [0.5, 0.6) is 5.75 Å². The molecule has 114 valence electrons. The van der Waals surface area contributed by atoms with Crippen LogP contribution in [-0.4, -0.2) is 22.8 Å². The lowest BCUT2D eigenvalue weighted by Gasteiger charge is -2.14. The highest BCUT2D eigenvalue weighted by Gasteiger charge is 2.13. The molecule has 0 amide bonds. The Kier molecular flexibility index (Phi) is 5.68. The summed E-state index contributed by atoms with van der Waals surface area (Å²) in [7, 11) is 3.70. The van der Waals surface area contributed by atoms with Gasteiger partial charge in [-0.3, -0.25) is 4.68 Å². The van der Waals surface area contributed by atoms with Crippen LogP contribution in [0.3, 0.4) is 0 Å². The molecule has 0 aliphatic heterocycles. The molecule has 0 saturated heterocycles. The molecule has 2 aromatic rings. The van der Waals surface area contributed by atoms with Crippen molar-refractivity contribution in [2.45, 2.75) is 26.2 Å². The van der Waals surface area contributed by atoms with Crippen LogP contribution in [0, 0.1) is 5.92 Å². The number of aromatic nitrogens is 2. The number of rotatable bonds is 7. The van der Waals surface area contributed by atoms with Crippen LogP contribution in [0.4, 0.5) is 0 Å². The summed E-state index contributed by atoms with van der Waals surface area (Å²) in [6.07, 6.45) is 2.87. The van der Waals surface area contributed by atoms with Gasteiger partial charge in [0.15, 0.2) is 0 Å². The third kappa shape index (κ3) is 4.24. The molecule has 0 aliphatic carbocycles. The molecule has 1 unspecified atom stereocenters. The number of nitrogens with zero attached hydrogens (tertiary/aromatic N) is 2. The second kappa shape index (κ2) is 7.51. The van der Waals surface area contributed by atoms with E-state index in [0.717, 1.165) is 30.7 Å². The predicted octanol–water partition coefficient (Wildman–Crippen LogP) is 3.63. The highest BCUT2D eigenvalue weighted by atomic mass is 35.5. The number of benzene rings is 1. The van der Waals surface area contributed by atoms with Crippen molar-refractivity contribution in [2.24, 2.45) is 13.0 Å². The van der Waals surface area contributed by atoms with E-state index in [2.05, 4.69) is 30.2 Å². The summed E-state index contributed by atoms with van der Waals surface area (Å²) in [6.45, 7) is 2.13. The number of ether oxygens (including phenoxy) is 1. The monoisotopic (exact) mass is 306 g/mol. The van der Waals surface area contributed by atoms with Crippen LogP contribution in [0.15, 0.2) is 30.3 Å². The molecule has 2 rings (SSSR count). The third-order valence-electron chi connectivity index (χ3n) is 3.76. The second-order valence-corrected chi connectivity index (χ2v) is 5.69. The smallest absolute Gasteiger partial charge is 0.119 e. The average molecular weight is 307 g/mol. The summed E-state index contributed by atoms with van der Waals surface area (Å²) in [5, 5.41) is 4.50. The SMILES string of the molecule is CCc1cc(CC(CCl)Cc2cccc(OC)c2)n(C)n1. The van der Waals surface area contributed by atoms with E-state index in [1.54, 1.807) is 7.11 Å². The van der Waals surface area contributed by atoms with Gasteiger partial charge in [0.2, 0.25) is 0 Å². The lowest BCUT2D eigenvalue weighted by molar-refractivity contribution is 0.413. The molecule has 4 heteroatoms. The molecular formula is C17H23ClN2O. The van der Waals surface area contributed by atoms with Crippen molar-refractivity contribution in [2.75, 3.05) is 13.0 Å². The first kappa shape index (κ1) is 15.9. The maximum Gasteiger partial charge on any atom is 0.119 e. The minimum atomic E-state index is 0.402. The Bertz CT molecular complexity index is 580. The van der Waals surface area contributed by atoms with E-state index in [1.807, 2.05) is 23.9 Å². The van der Waals surface area contributed by atoms with Gasteiger partial charge in [0.25, 0.3) is 0 Å². The van der Waals surface area contributed by atoms with Crippen molar-refractivity contribution >= 4 is 11.6 Å². The van der Waals surface area contributed by atoms with E-state index < -0.39 is 0 Å². The molecule has 1 aromatic carbocycles. The van der Waals surface area contributed by atoms with Crippen LogP contribution in [-0.2, 0) is 26.3 Å². The van der Waals surface area contributed by atoms with Crippen LogP contribution in [0.25, 0.3) is 0 Å². The zero-order valence-electron chi connectivity index (χ0n) is 13.0. The summed E-state index contributed by atoms with van der Waals surface area (Å²) in [5.41, 5.74) is 3.65. The zero-order chi connectivity index (χ0) is 15.2. The van der Waals surface area contributed by atoms with Crippen molar-refractivity contribution in [1.29, 1.82) is 0 Å². The average Bonchev–Trinajstić information content (AvgIpc) is 2.87. The molecule has 0 bridgehead atoms. The molecule has 3 nitrogen and oxygen atoms in total. The fourth-order valence-electron chi connectivity index (χ4n) is 2.55. The van der Waals surface area contributed by atoms with Gasteiger partial charge in [0.1, 0.15) is 5.75 Å². The molecular weight excluding hydrogens is 284 g/mol. The molecule has 0 N–H and O–H groups in total. The van der Waals surface area contributed by atoms with Gasteiger partial charge in [0, 0.05) is 18.6 Å². The van der Waals surface area contributed by atoms with Crippen molar-refractivity contribution in [3.63, 3.8) is 0 Å². The summed E-state index contributed by atoms with van der Waals surface area (Å²) >= 11 is 6.17. The molecule has 21 heavy (non-hydrogen) atoms. The quantitative estimate of drug-likeness (QED) is 0.730. The van der Waals surface area contributed by atoms with Crippen LogP contribution in [0.1, 0.15) is 23.9 Å². The van der Waals surface area contributed by atoms with Crippen LogP contribution >= 0.6 is 11.6 Å². The Morgan fingerprint density at radius 1 is 1.29 bits per heavy atom. The Labute approximate surface area is 131 Å². The number of alkyl halides is 1. The Morgan fingerprint density at radius 2 is 2.10 bits per heavy atom. The number of halogens is 1. The zero-order valence-corrected chi connectivity index (χ0v) is 13.7. The number of aryl methyl sites for hydroxylation is 2. The molecule has 0 saturated carbocycles. The summed E-state index contributed by atoms with van der Waals surface area (Å²) in [5.74, 6) is 1.94. The first-order chi connectivity index (χ1) is 10.2. The molecule has 1 aromatic heterocycles. The number of hydrogen-bond donors (Lipinski definition) is 0. The van der Waals surface area contributed by atoms with Crippen LogP contribution in [0.2, 0.25) is 0 Å². The standard InChI is InChI=1S/C17H23ClN2O/c1-4-15-11-16(20(2)19-15)9-14(12-18)8-13-6-5-7-17(10-13)21-3/h5-7,10-11,14H,4,8-9,12H2,1-3H3. The third-order valence-corrected chi connectivity index (χ3v) is 4.20. The molecule has 0 aliphatic rings. The van der Waals surface area contributed by atoms with Crippen LogP contribution < -0.4 is 4.74 Å². The second-order valence-electron chi connectivity index (χ2n) is 5.38. The molecule has 1 atom stereocenters. The van der Waals surface area contributed by atoms with Gasteiger partial charge in [0.05, 0.1) is 12.8 Å². The lowest BCUT2D eigenvalue weighted by atomic mass is 9.96. The van der Waals surface area contributed by atoms with E-state index in [1.165, 1.54) is 11.3 Å². The van der Waals surface area contributed by atoms with Gasteiger partial charge in [-0.25, -0.2) is 0 Å². The highest BCUT2D eigenvalue weighted by Crippen LogP contribution is 2.20. The van der Waals surface area contributed by atoms with Gasteiger partial charge >= 0.3 is 0 Å². The topological polar surface area (TPSA) is 27.1 Å². The van der Waals surface area contributed by atoms with E-state index >= 15 is 0 Å². The largest absolute Gasteiger partial charge is 0.497 e. The van der Waals surface area contributed by atoms with E-state index in [9.17, 15) is 0 Å². The number of methoxy groups -OCH3 is 1. The van der Waals surface area contributed by atoms with Gasteiger partial charge in [-0.2, -0.15) is 5.10 Å². The van der Waals surface area contributed by atoms with Gasteiger partial charge in [-0.15, -0.1) is 11.6 Å². The lowest BCUT2D eigenvalue weighted by Crippen LogP contribution is -2.12. The van der Waals surface area contributed by atoms with E-state index in [0.29, 0.717) is 11.8 Å². The maximum atomic E-state index is 6.17. The normalized spacial score (nSPS) is 12.4. The highest BCUT2D eigenvalue weighted by molar-refractivity contribution is 6.18. The van der Waals surface area contributed by atoms with Crippen molar-refractivity contribution in [1.82, 2.24) is 9.78 Å². The number of hydrogen-bond acceptors (Lipinski definition) is 2. The Morgan fingerprint density at radius 3 is 2.71 bits per heavy atom. The molecule has 0 spiro atoms. The minimum absolute atomic E-state index is 0.402.